The Morgan fingerprint density at radius 3 is 3.39 bits per heavy atom. The minimum atomic E-state index is 0.136. The van der Waals surface area contributed by atoms with Crippen LogP contribution in [-0.2, 0) is 9.47 Å². The molecule has 100 valence electrons. The lowest BCUT2D eigenvalue weighted by molar-refractivity contribution is -0.119. The maximum absolute atomic E-state index is 5.96. The van der Waals surface area contributed by atoms with Crippen LogP contribution in [-0.4, -0.2) is 49.7 Å². The van der Waals surface area contributed by atoms with E-state index in [0.717, 1.165) is 44.3 Å². The maximum Gasteiger partial charge on any atom is 0.208 e. The summed E-state index contributed by atoms with van der Waals surface area (Å²) in [5, 5.41) is 9.14. The quantitative estimate of drug-likeness (QED) is 0.833. The molecule has 2 aliphatic heterocycles. The van der Waals surface area contributed by atoms with E-state index < -0.39 is 0 Å². The van der Waals surface area contributed by atoms with Gasteiger partial charge in [-0.1, -0.05) is 11.3 Å². The number of aromatic nitrogens is 2. The van der Waals surface area contributed by atoms with Crippen LogP contribution < -0.4 is 4.90 Å². The third kappa shape index (κ3) is 2.13. The van der Waals surface area contributed by atoms with E-state index in [1.807, 2.05) is 0 Å². The van der Waals surface area contributed by atoms with E-state index in [1.54, 1.807) is 24.0 Å². The van der Waals surface area contributed by atoms with E-state index in [4.69, 9.17) is 9.47 Å². The normalized spacial score (nSPS) is 32.3. The Morgan fingerprint density at radius 1 is 1.67 bits per heavy atom. The molecule has 0 amide bonds. The molecule has 0 radical (unpaired) electrons. The van der Waals surface area contributed by atoms with E-state index in [0.29, 0.717) is 6.10 Å². The second-order valence-electron chi connectivity index (χ2n) is 5.19. The van der Waals surface area contributed by atoms with Gasteiger partial charge in [-0.05, 0) is 19.3 Å². The van der Waals surface area contributed by atoms with Crippen LogP contribution in [0.1, 0.15) is 19.3 Å². The summed E-state index contributed by atoms with van der Waals surface area (Å²) in [6.07, 6.45) is 3.71. The molecule has 2 saturated heterocycles. The molecular weight excluding hydrogens is 250 g/mol. The van der Waals surface area contributed by atoms with Gasteiger partial charge in [0.25, 0.3) is 0 Å². The summed E-state index contributed by atoms with van der Waals surface area (Å²) in [5.41, 5.74) is 1.93. The molecule has 0 aliphatic carbocycles. The topological polar surface area (TPSA) is 47.5 Å². The van der Waals surface area contributed by atoms with Crippen molar-refractivity contribution < 1.29 is 9.47 Å². The highest BCUT2D eigenvalue weighted by Crippen LogP contribution is 2.41. The van der Waals surface area contributed by atoms with Gasteiger partial charge in [-0.3, -0.25) is 0 Å². The van der Waals surface area contributed by atoms with Gasteiger partial charge >= 0.3 is 0 Å². The summed E-state index contributed by atoms with van der Waals surface area (Å²) >= 11 is 1.61. The summed E-state index contributed by atoms with van der Waals surface area (Å²) in [6, 6.07) is 0. The fraction of sp³-hybridized carbons (Fsp3) is 0.833. The maximum atomic E-state index is 5.96. The zero-order valence-electron chi connectivity index (χ0n) is 10.7. The third-order valence-electron chi connectivity index (χ3n) is 4.04. The van der Waals surface area contributed by atoms with Crippen LogP contribution in [0.25, 0.3) is 0 Å². The van der Waals surface area contributed by atoms with Crippen molar-refractivity contribution in [1.29, 1.82) is 0 Å². The molecule has 2 atom stereocenters. The predicted molar refractivity (Wildman–Crippen MR) is 70.0 cm³/mol. The van der Waals surface area contributed by atoms with E-state index in [9.17, 15) is 0 Å². The summed E-state index contributed by atoms with van der Waals surface area (Å²) < 4.78 is 11.4. The lowest BCUT2D eigenvalue weighted by Crippen LogP contribution is -2.57. The van der Waals surface area contributed by atoms with Gasteiger partial charge in [0.05, 0.1) is 12.7 Å². The molecule has 1 aromatic rings. The molecular formula is C12H19N3O2S. The van der Waals surface area contributed by atoms with Crippen molar-refractivity contribution in [1.82, 2.24) is 10.2 Å². The first-order valence-corrected chi connectivity index (χ1v) is 7.34. The number of anilines is 1. The van der Waals surface area contributed by atoms with Gasteiger partial charge in [0, 0.05) is 32.2 Å². The smallest absolute Gasteiger partial charge is 0.208 e. The van der Waals surface area contributed by atoms with E-state index in [1.165, 1.54) is 6.42 Å². The first kappa shape index (κ1) is 12.3. The summed E-state index contributed by atoms with van der Waals surface area (Å²) in [4.78, 5) is 2.34. The number of hydrogen-bond acceptors (Lipinski definition) is 6. The van der Waals surface area contributed by atoms with Gasteiger partial charge in [-0.15, -0.1) is 10.2 Å². The van der Waals surface area contributed by atoms with Gasteiger partial charge < -0.3 is 14.4 Å². The lowest BCUT2D eigenvalue weighted by Gasteiger charge is -2.50. The lowest BCUT2D eigenvalue weighted by atomic mass is 9.73. The van der Waals surface area contributed by atoms with Gasteiger partial charge in [-0.25, -0.2) is 0 Å². The minimum Gasteiger partial charge on any atom is -0.384 e. The van der Waals surface area contributed by atoms with Crippen LogP contribution in [0.2, 0.25) is 0 Å². The number of piperidine rings is 1. The van der Waals surface area contributed by atoms with Gasteiger partial charge in [-0.2, -0.15) is 0 Å². The molecule has 0 N–H and O–H groups in total. The Morgan fingerprint density at radius 2 is 2.61 bits per heavy atom. The number of ether oxygens (including phenoxy) is 2. The van der Waals surface area contributed by atoms with Crippen molar-refractivity contribution in [3.05, 3.63) is 5.51 Å². The molecule has 3 heterocycles. The zero-order chi connectivity index (χ0) is 12.4. The molecule has 18 heavy (non-hydrogen) atoms. The molecule has 0 spiro atoms. The van der Waals surface area contributed by atoms with Gasteiger partial charge in [0.2, 0.25) is 5.13 Å². The Kier molecular flexibility index (Phi) is 3.50. The van der Waals surface area contributed by atoms with Crippen molar-refractivity contribution in [3.8, 4) is 0 Å². The van der Waals surface area contributed by atoms with Crippen molar-refractivity contribution >= 4 is 16.5 Å². The average molecular weight is 269 g/mol. The van der Waals surface area contributed by atoms with E-state index >= 15 is 0 Å². The van der Waals surface area contributed by atoms with E-state index in [2.05, 4.69) is 15.1 Å². The van der Waals surface area contributed by atoms with Crippen molar-refractivity contribution in [2.75, 3.05) is 38.3 Å². The highest BCUT2D eigenvalue weighted by molar-refractivity contribution is 7.13. The standard InChI is InChI=1S/C12H19N3O2S/c1-16-8-12-4-2-6-17-10(12)3-5-15(7-12)11-14-13-9-18-11/h9-10H,2-8H2,1H3. The highest BCUT2D eigenvalue weighted by Gasteiger charge is 2.46. The SMILES string of the molecule is COCC12CCCOC1CCN(c1nncs1)C2. The summed E-state index contributed by atoms with van der Waals surface area (Å²) in [7, 11) is 1.78. The van der Waals surface area contributed by atoms with Crippen LogP contribution >= 0.6 is 11.3 Å². The molecule has 5 nitrogen and oxygen atoms in total. The Hall–Kier alpha value is -0.720. The molecule has 2 fully saturated rings. The van der Waals surface area contributed by atoms with Crippen LogP contribution in [0.5, 0.6) is 0 Å². The number of fused-ring (bicyclic) bond motifs is 1. The van der Waals surface area contributed by atoms with Crippen LogP contribution in [0, 0.1) is 5.41 Å². The molecule has 2 unspecified atom stereocenters. The summed E-state index contributed by atoms with van der Waals surface area (Å²) in [5.74, 6) is 0. The number of rotatable bonds is 3. The Balaban J connectivity index is 1.80. The van der Waals surface area contributed by atoms with Crippen LogP contribution in [0.4, 0.5) is 5.13 Å². The number of nitrogens with zero attached hydrogens (tertiary/aromatic N) is 3. The Labute approximate surface area is 111 Å². The first-order valence-electron chi connectivity index (χ1n) is 6.46. The highest BCUT2D eigenvalue weighted by atomic mass is 32.1. The van der Waals surface area contributed by atoms with E-state index in [-0.39, 0.29) is 5.41 Å². The van der Waals surface area contributed by atoms with Crippen molar-refractivity contribution in [2.24, 2.45) is 5.41 Å². The zero-order valence-corrected chi connectivity index (χ0v) is 11.5. The molecule has 0 bridgehead atoms. The summed E-state index contributed by atoms with van der Waals surface area (Å²) in [6.45, 7) is 3.65. The molecule has 0 aromatic carbocycles. The molecule has 2 aliphatic rings. The van der Waals surface area contributed by atoms with Gasteiger partial charge in [0.1, 0.15) is 5.51 Å². The molecule has 0 saturated carbocycles. The van der Waals surface area contributed by atoms with Gasteiger partial charge in [0.15, 0.2) is 0 Å². The number of methoxy groups -OCH3 is 1. The molecule has 6 heteroatoms. The van der Waals surface area contributed by atoms with Crippen molar-refractivity contribution in [3.63, 3.8) is 0 Å². The van der Waals surface area contributed by atoms with Crippen molar-refractivity contribution in [2.45, 2.75) is 25.4 Å². The monoisotopic (exact) mass is 269 g/mol. The van der Waals surface area contributed by atoms with Crippen LogP contribution in [0.3, 0.4) is 0 Å². The van der Waals surface area contributed by atoms with Crippen LogP contribution in [0.15, 0.2) is 5.51 Å². The predicted octanol–water partition coefficient (Wildman–Crippen LogP) is 1.56. The largest absolute Gasteiger partial charge is 0.384 e. The fourth-order valence-corrected chi connectivity index (χ4v) is 3.84. The molecule has 3 rings (SSSR count). The first-order chi connectivity index (χ1) is 8.84. The Bertz CT molecular complexity index is 383. The molecule has 1 aromatic heterocycles. The second kappa shape index (κ2) is 5.11. The minimum absolute atomic E-state index is 0.136. The fourth-order valence-electron chi connectivity index (χ4n) is 3.26. The second-order valence-corrected chi connectivity index (χ2v) is 6.00. The third-order valence-corrected chi connectivity index (χ3v) is 4.79. The average Bonchev–Trinajstić information content (AvgIpc) is 2.92. The number of hydrogen-bond donors (Lipinski definition) is 0.